The zero-order valence-electron chi connectivity index (χ0n) is 15.3. The minimum atomic E-state index is 0.707. The van der Waals surface area contributed by atoms with Crippen LogP contribution in [0, 0.1) is 0 Å². The Kier molecular flexibility index (Phi) is 6.89. The molecule has 0 unspecified atom stereocenters. The second kappa shape index (κ2) is 9.35. The van der Waals surface area contributed by atoms with E-state index in [9.17, 15) is 0 Å². The van der Waals surface area contributed by atoms with E-state index in [-0.39, 0.29) is 0 Å². The van der Waals surface area contributed by atoms with E-state index in [0.29, 0.717) is 5.96 Å². The Morgan fingerprint density at radius 1 is 1.12 bits per heavy atom. The Morgan fingerprint density at radius 2 is 1.88 bits per heavy atom. The Bertz CT molecular complexity index is 517. The molecule has 25 heavy (non-hydrogen) atoms. The number of nitrogens with zero attached hydrogens (tertiary/aromatic N) is 6. The third-order valence-corrected chi connectivity index (χ3v) is 5.88. The van der Waals surface area contributed by atoms with Gasteiger partial charge in [0.25, 0.3) is 0 Å². The third kappa shape index (κ3) is 5.55. The minimum absolute atomic E-state index is 0.707. The monoisotopic (exact) mass is 365 g/mol. The summed E-state index contributed by atoms with van der Waals surface area (Å²) in [5.41, 5.74) is 6.18. The molecule has 3 rings (SSSR count). The summed E-state index contributed by atoms with van der Waals surface area (Å²) >= 11 is 1.70. The quantitative estimate of drug-likeness (QED) is 0.453. The van der Waals surface area contributed by atoms with Crippen molar-refractivity contribution in [1.29, 1.82) is 0 Å². The average Bonchev–Trinajstić information content (AvgIpc) is 3.18. The predicted octanol–water partition coefficient (Wildman–Crippen LogP) is 0.607. The molecule has 2 N–H and O–H groups in total. The maximum absolute atomic E-state index is 6.18. The van der Waals surface area contributed by atoms with Crippen LogP contribution in [0.1, 0.15) is 12.8 Å². The molecule has 2 aliphatic heterocycles. The van der Waals surface area contributed by atoms with Gasteiger partial charge < -0.3 is 25.3 Å². The number of rotatable bonds is 6. The van der Waals surface area contributed by atoms with Crippen molar-refractivity contribution in [2.45, 2.75) is 12.8 Å². The van der Waals surface area contributed by atoms with Gasteiger partial charge in [0.1, 0.15) is 0 Å². The summed E-state index contributed by atoms with van der Waals surface area (Å²) < 4.78 is 0. The van der Waals surface area contributed by atoms with E-state index in [1.54, 1.807) is 11.3 Å². The van der Waals surface area contributed by atoms with Crippen LogP contribution in [0.3, 0.4) is 0 Å². The second-order valence-corrected chi connectivity index (χ2v) is 7.75. The number of hydrogen-bond acceptors (Lipinski definition) is 6. The van der Waals surface area contributed by atoms with Gasteiger partial charge in [-0.15, -0.1) is 11.3 Å². The molecule has 140 valence electrons. The fraction of sp³-hybridized carbons (Fsp3) is 0.765. The smallest absolute Gasteiger partial charge is 0.191 e. The summed E-state index contributed by atoms with van der Waals surface area (Å²) in [6, 6.07) is 0. The number of aromatic nitrogens is 1. The molecule has 1 aromatic heterocycles. The van der Waals surface area contributed by atoms with Crippen LogP contribution in [0.2, 0.25) is 0 Å². The number of hydrogen-bond donors (Lipinski definition) is 1. The van der Waals surface area contributed by atoms with Gasteiger partial charge in [-0.25, -0.2) is 4.98 Å². The normalized spacial score (nSPS) is 21.1. The lowest BCUT2D eigenvalue weighted by molar-refractivity contribution is 0.152. The molecule has 0 radical (unpaired) electrons. The van der Waals surface area contributed by atoms with Crippen LogP contribution in [0.5, 0.6) is 0 Å². The van der Waals surface area contributed by atoms with Crippen molar-refractivity contribution in [3.63, 3.8) is 0 Å². The second-order valence-electron chi connectivity index (χ2n) is 6.88. The Balaban J connectivity index is 1.30. The molecule has 1 aromatic rings. The summed E-state index contributed by atoms with van der Waals surface area (Å²) in [5, 5.41) is 3.14. The standard InChI is InChI=1S/C17H31N7S/c1-21-7-9-22(10-8-21)6-3-2-4-19-16(18)23-11-13-24(14-12-23)17-20-5-15-25-17/h5,15H,2-4,6-14H2,1H3,(H2,18,19). The van der Waals surface area contributed by atoms with Crippen molar-refractivity contribution in [3.8, 4) is 0 Å². The largest absolute Gasteiger partial charge is 0.370 e. The molecular weight excluding hydrogens is 334 g/mol. The molecule has 0 bridgehead atoms. The van der Waals surface area contributed by atoms with Gasteiger partial charge in [0.15, 0.2) is 11.1 Å². The number of likely N-dealkylation sites (N-methyl/N-ethyl adjacent to an activating group) is 1. The maximum atomic E-state index is 6.18. The SMILES string of the molecule is CN1CCN(CCCCN=C(N)N2CCN(c3nccs3)CC2)CC1. The first-order chi connectivity index (χ1) is 12.2. The predicted molar refractivity (Wildman–Crippen MR) is 106 cm³/mol. The van der Waals surface area contributed by atoms with Crippen molar-refractivity contribution in [1.82, 2.24) is 19.7 Å². The van der Waals surface area contributed by atoms with E-state index in [0.717, 1.165) is 44.3 Å². The van der Waals surface area contributed by atoms with E-state index in [2.05, 4.69) is 36.6 Å². The van der Waals surface area contributed by atoms with Crippen molar-refractivity contribution < 1.29 is 0 Å². The molecule has 0 spiro atoms. The van der Waals surface area contributed by atoms with E-state index < -0.39 is 0 Å². The fourth-order valence-electron chi connectivity index (χ4n) is 3.31. The minimum Gasteiger partial charge on any atom is -0.370 e. The number of nitrogens with two attached hydrogens (primary N) is 1. The number of anilines is 1. The van der Waals surface area contributed by atoms with Crippen molar-refractivity contribution in [2.24, 2.45) is 10.7 Å². The Morgan fingerprint density at radius 3 is 2.56 bits per heavy atom. The molecule has 0 aliphatic carbocycles. The number of thiazole rings is 1. The number of guanidine groups is 1. The first kappa shape index (κ1) is 18.4. The van der Waals surface area contributed by atoms with E-state index in [1.807, 2.05) is 11.6 Å². The van der Waals surface area contributed by atoms with Crippen molar-refractivity contribution in [3.05, 3.63) is 11.6 Å². The van der Waals surface area contributed by atoms with Gasteiger partial charge in [0.2, 0.25) is 0 Å². The van der Waals surface area contributed by atoms with Gasteiger partial charge >= 0.3 is 0 Å². The molecular formula is C17H31N7S. The van der Waals surface area contributed by atoms with Gasteiger partial charge in [-0.1, -0.05) is 0 Å². The maximum Gasteiger partial charge on any atom is 0.191 e. The summed E-state index contributed by atoms with van der Waals surface area (Å²) in [7, 11) is 2.20. The highest BCUT2D eigenvalue weighted by molar-refractivity contribution is 7.13. The highest BCUT2D eigenvalue weighted by Crippen LogP contribution is 2.18. The topological polar surface area (TPSA) is 64.2 Å². The zero-order valence-corrected chi connectivity index (χ0v) is 16.1. The average molecular weight is 366 g/mol. The first-order valence-electron chi connectivity index (χ1n) is 9.32. The Hall–Kier alpha value is -1.38. The molecule has 0 atom stereocenters. The third-order valence-electron chi connectivity index (χ3n) is 5.05. The van der Waals surface area contributed by atoms with E-state index in [4.69, 9.17) is 5.73 Å². The van der Waals surface area contributed by atoms with Crippen LogP contribution in [0.25, 0.3) is 0 Å². The van der Waals surface area contributed by atoms with Crippen LogP contribution in [-0.4, -0.2) is 98.1 Å². The van der Waals surface area contributed by atoms with Gasteiger partial charge in [0, 0.05) is 70.5 Å². The molecule has 0 aromatic carbocycles. The number of aliphatic imine (C=N–C) groups is 1. The molecule has 3 heterocycles. The molecule has 0 saturated carbocycles. The van der Waals surface area contributed by atoms with E-state index in [1.165, 1.54) is 39.1 Å². The van der Waals surface area contributed by atoms with Crippen molar-refractivity contribution >= 4 is 22.4 Å². The fourth-order valence-corrected chi connectivity index (χ4v) is 4.01. The zero-order chi connectivity index (χ0) is 17.5. The first-order valence-corrected chi connectivity index (χ1v) is 10.2. The van der Waals surface area contributed by atoms with Crippen LogP contribution in [0.4, 0.5) is 5.13 Å². The number of unbranched alkanes of at least 4 members (excludes halogenated alkanes) is 1. The molecule has 2 aliphatic rings. The van der Waals surface area contributed by atoms with Gasteiger partial charge in [-0.2, -0.15) is 0 Å². The summed E-state index contributed by atoms with van der Waals surface area (Å²) in [5.74, 6) is 0.707. The lowest BCUT2D eigenvalue weighted by atomic mass is 10.2. The molecule has 8 heteroatoms. The van der Waals surface area contributed by atoms with Gasteiger partial charge in [0.05, 0.1) is 0 Å². The van der Waals surface area contributed by atoms with Gasteiger partial charge in [-0.05, 0) is 26.4 Å². The lowest BCUT2D eigenvalue weighted by Gasteiger charge is -2.35. The summed E-state index contributed by atoms with van der Waals surface area (Å²) in [4.78, 5) is 18.5. The molecule has 2 fully saturated rings. The molecule has 7 nitrogen and oxygen atoms in total. The van der Waals surface area contributed by atoms with Crippen LogP contribution >= 0.6 is 11.3 Å². The van der Waals surface area contributed by atoms with Crippen LogP contribution in [-0.2, 0) is 0 Å². The van der Waals surface area contributed by atoms with Gasteiger partial charge in [-0.3, -0.25) is 4.99 Å². The van der Waals surface area contributed by atoms with Crippen LogP contribution in [0.15, 0.2) is 16.6 Å². The molecule has 0 amide bonds. The van der Waals surface area contributed by atoms with Crippen molar-refractivity contribution in [2.75, 3.05) is 77.4 Å². The highest BCUT2D eigenvalue weighted by atomic mass is 32.1. The number of piperazine rings is 2. The molecule has 2 saturated heterocycles. The van der Waals surface area contributed by atoms with E-state index >= 15 is 0 Å². The summed E-state index contributed by atoms with van der Waals surface area (Å²) in [6.07, 6.45) is 4.19. The van der Waals surface area contributed by atoms with Crippen LogP contribution < -0.4 is 10.6 Å². The highest BCUT2D eigenvalue weighted by Gasteiger charge is 2.19. The Labute approximate surface area is 155 Å². The lowest BCUT2D eigenvalue weighted by Crippen LogP contribution is -2.51. The summed E-state index contributed by atoms with van der Waals surface area (Å²) in [6.45, 7) is 10.6.